The summed E-state index contributed by atoms with van der Waals surface area (Å²) in [6, 6.07) is 0.544. The molecular weight excluding hydrogens is 252 g/mol. The third-order valence-electron chi connectivity index (χ3n) is 5.22. The molecule has 1 aliphatic heterocycles. The Labute approximate surface area is 122 Å². The van der Waals surface area contributed by atoms with Gasteiger partial charge in [0, 0.05) is 31.2 Å². The number of hydrogen-bond donors (Lipinski definition) is 2. The maximum atomic E-state index is 12.4. The quantitative estimate of drug-likeness (QED) is 0.829. The van der Waals surface area contributed by atoms with Gasteiger partial charge in [0.25, 0.3) is 0 Å². The van der Waals surface area contributed by atoms with Gasteiger partial charge in [0.2, 0.25) is 5.91 Å². The molecule has 3 N–H and O–H groups in total. The van der Waals surface area contributed by atoms with Crippen LogP contribution in [0.3, 0.4) is 0 Å². The minimum Gasteiger partial charge on any atom is -0.381 e. The molecule has 0 aromatic carbocycles. The summed E-state index contributed by atoms with van der Waals surface area (Å²) >= 11 is 0. The Hall–Kier alpha value is -0.610. The van der Waals surface area contributed by atoms with Gasteiger partial charge in [-0.3, -0.25) is 4.79 Å². The molecule has 4 heteroatoms. The molecule has 2 fully saturated rings. The number of ether oxygens (including phenoxy) is 1. The van der Waals surface area contributed by atoms with E-state index in [0.29, 0.717) is 11.8 Å². The highest BCUT2D eigenvalue weighted by Gasteiger charge is 2.30. The van der Waals surface area contributed by atoms with Crippen LogP contribution in [0.25, 0.3) is 0 Å². The van der Waals surface area contributed by atoms with E-state index in [4.69, 9.17) is 10.5 Å². The maximum absolute atomic E-state index is 12.4. The first-order valence-electron chi connectivity index (χ1n) is 8.21. The zero-order valence-corrected chi connectivity index (χ0v) is 12.9. The van der Waals surface area contributed by atoms with E-state index in [1.807, 2.05) is 0 Å². The first-order valence-corrected chi connectivity index (χ1v) is 8.21. The van der Waals surface area contributed by atoms with E-state index >= 15 is 0 Å². The van der Waals surface area contributed by atoms with Gasteiger partial charge in [0.05, 0.1) is 0 Å². The summed E-state index contributed by atoms with van der Waals surface area (Å²) in [5.41, 5.74) is 6.04. The highest BCUT2D eigenvalue weighted by Crippen LogP contribution is 2.30. The standard InChI is InChI=1S/C16H30N2O2/c1-11(14-4-3-5-15(17)10-14)16(19)18-12(2)13-6-8-20-9-7-13/h11-15H,3-10,17H2,1-2H3,(H,18,19). The lowest BCUT2D eigenvalue weighted by Crippen LogP contribution is -2.45. The Balaban J connectivity index is 1.80. The highest BCUT2D eigenvalue weighted by molar-refractivity contribution is 5.78. The lowest BCUT2D eigenvalue weighted by molar-refractivity contribution is -0.127. The number of nitrogens with two attached hydrogens (primary N) is 1. The summed E-state index contributed by atoms with van der Waals surface area (Å²) in [5, 5.41) is 3.23. The molecule has 2 aliphatic rings. The molecular formula is C16H30N2O2. The van der Waals surface area contributed by atoms with Crippen molar-refractivity contribution >= 4 is 5.91 Å². The minimum absolute atomic E-state index is 0.0867. The number of nitrogens with one attached hydrogen (secondary N) is 1. The number of hydrogen-bond acceptors (Lipinski definition) is 3. The Morgan fingerprint density at radius 1 is 1.15 bits per heavy atom. The molecule has 0 spiro atoms. The predicted octanol–water partition coefficient (Wildman–Crippen LogP) is 2.07. The fraction of sp³-hybridized carbons (Fsp3) is 0.938. The molecule has 1 heterocycles. The molecule has 4 atom stereocenters. The topological polar surface area (TPSA) is 64.4 Å². The van der Waals surface area contributed by atoms with Crippen molar-refractivity contribution in [3.8, 4) is 0 Å². The van der Waals surface area contributed by atoms with Crippen molar-refractivity contribution in [3.63, 3.8) is 0 Å². The van der Waals surface area contributed by atoms with Crippen molar-refractivity contribution in [1.29, 1.82) is 0 Å². The monoisotopic (exact) mass is 282 g/mol. The average molecular weight is 282 g/mol. The molecule has 116 valence electrons. The van der Waals surface area contributed by atoms with Crippen LogP contribution in [-0.2, 0) is 9.53 Å². The summed E-state index contributed by atoms with van der Waals surface area (Å²) in [4.78, 5) is 12.4. The van der Waals surface area contributed by atoms with Gasteiger partial charge in [-0.25, -0.2) is 0 Å². The Morgan fingerprint density at radius 3 is 2.50 bits per heavy atom. The van der Waals surface area contributed by atoms with Crippen molar-refractivity contribution in [1.82, 2.24) is 5.32 Å². The van der Waals surface area contributed by atoms with Crippen molar-refractivity contribution in [2.45, 2.75) is 64.5 Å². The van der Waals surface area contributed by atoms with Crippen molar-refractivity contribution in [2.75, 3.05) is 13.2 Å². The molecule has 4 unspecified atom stereocenters. The third-order valence-corrected chi connectivity index (χ3v) is 5.22. The zero-order valence-electron chi connectivity index (χ0n) is 12.9. The van der Waals surface area contributed by atoms with Gasteiger partial charge in [-0.05, 0) is 50.9 Å². The molecule has 4 nitrogen and oxygen atoms in total. The normalized spacial score (nSPS) is 31.6. The predicted molar refractivity (Wildman–Crippen MR) is 80.2 cm³/mol. The van der Waals surface area contributed by atoms with Crippen molar-refractivity contribution in [2.24, 2.45) is 23.5 Å². The highest BCUT2D eigenvalue weighted by atomic mass is 16.5. The summed E-state index contributed by atoms with van der Waals surface area (Å²) < 4.78 is 5.38. The lowest BCUT2D eigenvalue weighted by atomic mass is 9.78. The van der Waals surface area contributed by atoms with Gasteiger partial charge in [-0.15, -0.1) is 0 Å². The smallest absolute Gasteiger partial charge is 0.223 e. The maximum Gasteiger partial charge on any atom is 0.223 e. The van der Waals surface area contributed by atoms with Crippen LogP contribution in [0.1, 0.15) is 52.4 Å². The van der Waals surface area contributed by atoms with Crippen LogP contribution in [0.2, 0.25) is 0 Å². The van der Waals surface area contributed by atoms with Gasteiger partial charge in [-0.2, -0.15) is 0 Å². The van der Waals surface area contributed by atoms with Gasteiger partial charge < -0.3 is 15.8 Å². The van der Waals surface area contributed by atoms with E-state index < -0.39 is 0 Å². The molecule has 1 amide bonds. The summed E-state index contributed by atoms with van der Waals surface area (Å²) in [5.74, 6) is 1.32. The fourth-order valence-corrected chi connectivity index (χ4v) is 3.62. The molecule has 2 rings (SSSR count). The van der Waals surface area contributed by atoms with Crippen LogP contribution >= 0.6 is 0 Å². The first kappa shape index (κ1) is 15.8. The Bertz CT molecular complexity index is 316. The Morgan fingerprint density at radius 2 is 1.85 bits per heavy atom. The number of rotatable bonds is 4. The van der Waals surface area contributed by atoms with E-state index in [0.717, 1.165) is 45.3 Å². The third kappa shape index (κ3) is 4.19. The lowest BCUT2D eigenvalue weighted by Gasteiger charge is -2.33. The van der Waals surface area contributed by atoms with Crippen molar-refractivity contribution < 1.29 is 9.53 Å². The number of carbonyl (C=O) groups excluding carboxylic acids is 1. The van der Waals surface area contributed by atoms with Crippen LogP contribution in [-0.4, -0.2) is 31.2 Å². The van der Waals surface area contributed by atoms with Crippen LogP contribution < -0.4 is 11.1 Å². The molecule has 0 bridgehead atoms. The average Bonchev–Trinajstić information content (AvgIpc) is 2.47. The SMILES string of the molecule is CC(NC(=O)C(C)C1CCCC(N)C1)C1CCOCC1. The van der Waals surface area contributed by atoms with Crippen LogP contribution in [0.15, 0.2) is 0 Å². The second-order valence-electron chi connectivity index (χ2n) is 6.72. The molecule has 0 aromatic rings. The molecule has 0 radical (unpaired) electrons. The molecule has 1 saturated carbocycles. The second-order valence-corrected chi connectivity index (χ2v) is 6.72. The first-order chi connectivity index (χ1) is 9.58. The van der Waals surface area contributed by atoms with Crippen LogP contribution in [0.4, 0.5) is 0 Å². The van der Waals surface area contributed by atoms with Gasteiger partial charge >= 0.3 is 0 Å². The summed E-state index contributed by atoms with van der Waals surface area (Å²) in [7, 11) is 0. The molecule has 20 heavy (non-hydrogen) atoms. The molecule has 1 saturated heterocycles. The van der Waals surface area contributed by atoms with Crippen LogP contribution in [0, 0.1) is 17.8 Å². The Kier molecular flexibility index (Phi) is 5.85. The fourth-order valence-electron chi connectivity index (χ4n) is 3.62. The minimum atomic E-state index is 0.0867. The summed E-state index contributed by atoms with van der Waals surface area (Å²) in [6.07, 6.45) is 6.55. The van der Waals surface area contributed by atoms with Crippen LogP contribution in [0.5, 0.6) is 0 Å². The number of carbonyl (C=O) groups is 1. The largest absolute Gasteiger partial charge is 0.381 e. The van der Waals surface area contributed by atoms with Gasteiger partial charge in [0.15, 0.2) is 0 Å². The van der Waals surface area contributed by atoms with E-state index in [9.17, 15) is 4.79 Å². The number of amides is 1. The van der Waals surface area contributed by atoms with Gasteiger partial charge in [-0.1, -0.05) is 13.3 Å². The van der Waals surface area contributed by atoms with E-state index in [1.165, 1.54) is 6.42 Å². The van der Waals surface area contributed by atoms with Gasteiger partial charge in [0.1, 0.15) is 0 Å². The zero-order chi connectivity index (χ0) is 14.5. The molecule has 0 aromatic heterocycles. The van der Waals surface area contributed by atoms with Crippen molar-refractivity contribution in [3.05, 3.63) is 0 Å². The summed E-state index contributed by atoms with van der Waals surface area (Å²) in [6.45, 7) is 5.86. The van der Waals surface area contributed by atoms with E-state index in [1.54, 1.807) is 0 Å². The van der Waals surface area contributed by atoms with E-state index in [2.05, 4.69) is 19.2 Å². The molecule has 1 aliphatic carbocycles. The second kappa shape index (κ2) is 7.41. The van der Waals surface area contributed by atoms with E-state index in [-0.39, 0.29) is 23.9 Å².